The molecule has 1 saturated heterocycles. The summed E-state index contributed by atoms with van der Waals surface area (Å²) < 4.78 is 5.35. The van der Waals surface area contributed by atoms with Gasteiger partial charge in [-0.1, -0.05) is 12.8 Å². The molecule has 0 aromatic heterocycles. The van der Waals surface area contributed by atoms with E-state index in [9.17, 15) is 9.59 Å². The second-order valence-electron chi connectivity index (χ2n) is 5.21. The number of nitrogens with zero attached hydrogens (tertiary/aromatic N) is 1. The molecule has 6 nitrogen and oxygen atoms in total. The Morgan fingerprint density at radius 1 is 1.39 bits per heavy atom. The fraction of sp³-hybridized carbons (Fsp3) is 0.833. The van der Waals surface area contributed by atoms with Gasteiger partial charge >= 0.3 is 5.97 Å². The maximum absolute atomic E-state index is 12.4. The van der Waals surface area contributed by atoms with E-state index in [1.165, 1.54) is 0 Å². The Balaban J connectivity index is 1.95. The minimum Gasteiger partial charge on any atom is -0.481 e. The number of aliphatic carboxylic acids is 1. The zero-order valence-electron chi connectivity index (χ0n) is 10.4. The first-order chi connectivity index (χ1) is 8.51. The molecule has 2 aliphatic rings. The molecule has 3 N–H and O–H groups in total. The topological polar surface area (TPSA) is 92.9 Å². The third-order valence-electron chi connectivity index (χ3n) is 3.75. The number of carboxylic acids is 1. The SMILES string of the molecule is NC1(C(=O)N2CCOC(CC(=O)O)C2)CCCC1. The summed E-state index contributed by atoms with van der Waals surface area (Å²) in [5.74, 6) is -0.948. The van der Waals surface area contributed by atoms with Gasteiger partial charge in [-0.2, -0.15) is 0 Å². The van der Waals surface area contributed by atoms with Crippen molar-refractivity contribution in [2.24, 2.45) is 5.73 Å². The molecule has 0 bridgehead atoms. The van der Waals surface area contributed by atoms with Crippen LogP contribution in [0.3, 0.4) is 0 Å². The number of carboxylic acid groups (broad SMARTS) is 1. The van der Waals surface area contributed by atoms with Crippen LogP contribution in [0.2, 0.25) is 0 Å². The highest BCUT2D eigenvalue weighted by Crippen LogP contribution is 2.29. The maximum atomic E-state index is 12.4. The largest absolute Gasteiger partial charge is 0.481 e. The predicted molar refractivity (Wildman–Crippen MR) is 64.0 cm³/mol. The van der Waals surface area contributed by atoms with Crippen LogP contribution in [0.5, 0.6) is 0 Å². The Morgan fingerprint density at radius 2 is 2.06 bits per heavy atom. The molecule has 2 rings (SSSR count). The number of amides is 1. The van der Waals surface area contributed by atoms with Crippen LogP contribution in [-0.2, 0) is 14.3 Å². The molecule has 2 fully saturated rings. The standard InChI is InChI=1S/C12H20N2O4/c13-12(3-1-2-4-12)11(17)14-5-6-18-9(8-14)7-10(15)16/h9H,1-8,13H2,(H,15,16). The van der Waals surface area contributed by atoms with E-state index in [1.807, 2.05) is 0 Å². The smallest absolute Gasteiger partial charge is 0.306 e. The third kappa shape index (κ3) is 2.81. The van der Waals surface area contributed by atoms with Crippen LogP contribution in [0, 0.1) is 0 Å². The van der Waals surface area contributed by atoms with Gasteiger partial charge in [0.15, 0.2) is 0 Å². The van der Waals surface area contributed by atoms with Gasteiger partial charge in [-0.15, -0.1) is 0 Å². The Hall–Kier alpha value is -1.14. The number of carbonyl (C=O) groups excluding carboxylic acids is 1. The third-order valence-corrected chi connectivity index (χ3v) is 3.75. The molecule has 1 aliphatic carbocycles. The van der Waals surface area contributed by atoms with E-state index in [-0.39, 0.29) is 12.3 Å². The van der Waals surface area contributed by atoms with Gasteiger partial charge in [0, 0.05) is 13.1 Å². The lowest BCUT2D eigenvalue weighted by molar-refractivity contribution is -0.150. The maximum Gasteiger partial charge on any atom is 0.306 e. The van der Waals surface area contributed by atoms with Crippen LogP contribution < -0.4 is 5.73 Å². The average molecular weight is 256 g/mol. The quantitative estimate of drug-likeness (QED) is 0.739. The minimum atomic E-state index is -0.905. The van der Waals surface area contributed by atoms with Crippen molar-refractivity contribution < 1.29 is 19.4 Å². The zero-order valence-corrected chi connectivity index (χ0v) is 10.4. The molecule has 6 heteroatoms. The van der Waals surface area contributed by atoms with Crippen LogP contribution in [0.15, 0.2) is 0 Å². The van der Waals surface area contributed by atoms with E-state index in [1.54, 1.807) is 4.90 Å². The second kappa shape index (κ2) is 5.24. The lowest BCUT2D eigenvalue weighted by atomic mass is 9.96. The molecule has 1 aliphatic heterocycles. The van der Waals surface area contributed by atoms with Crippen LogP contribution in [0.1, 0.15) is 32.1 Å². The van der Waals surface area contributed by atoms with Crippen molar-refractivity contribution in [2.45, 2.75) is 43.7 Å². The Morgan fingerprint density at radius 3 is 2.67 bits per heavy atom. The van der Waals surface area contributed by atoms with Crippen molar-refractivity contribution in [3.8, 4) is 0 Å². The summed E-state index contributed by atoms with van der Waals surface area (Å²) in [6.07, 6.45) is 2.96. The molecule has 1 atom stereocenters. The van der Waals surface area contributed by atoms with Gasteiger partial charge in [0.1, 0.15) is 0 Å². The number of nitrogens with two attached hydrogens (primary N) is 1. The van der Waals surface area contributed by atoms with E-state index >= 15 is 0 Å². The van der Waals surface area contributed by atoms with E-state index in [0.717, 1.165) is 25.7 Å². The molecule has 1 amide bonds. The summed E-state index contributed by atoms with van der Waals surface area (Å²) in [7, 11) is 0. The van der Waals surface area contributed by atoms with Crippen molar-refractivity contribution in [1.82, 2.24) is 4.90 Å². The van der Waals surface area contributed by atoms with E-state index in [2.05, 4.69) is 0 Å². The number of hydrogen-bond donors (Lipinski definition) is 2. The predicted octanol–water partition coefficient (Wildman–Crippen LogP) is -0.0400. The van der Waals surface area contributed by atoms with Gasteiger partial charge in [-0.05, 0) is 12.8 Å². The van der Waals surface area contributed by atoms with Gasteiger partial charge in [-0.3, -0.25) is 9.59 Å². The fourth-order valence-corrected chi connectivity index (χ4v) is 2.76. The van der Waals surface area contributed by atoms with Gasteiger partial charge in [-0.25, -0.2) is 0 Å². The average Bonchev–Trinajstić information content (AvgIpc) is 2.76. The first-order valence-corrected chi connectivity index (χ1v) is 6.43. The molecule has 1 unspecified atom stereocenters. The number of morpholine rings is 1. The van der Waals surface area contributed by atoms with Gasteiger partial charge in [0.05, 0.1) is 24.7 Å². The molecule has 18 heavy (non-hydrogen) atoms. The first-order valence-electron chi connectivity index (χ1n) is 6.43. The summed E-state index contributed by atoms with van der Waals surface area (Å²) in [4.78, 5) is 24.7. The van der Waals surface area contributed by atoms with Crippen LogP contribution in [0.4, 0.5) is 0 Å². The van der Waals surface area contributed by atoms with E-state index in [0.29, 0.717) is 19.7 Å². The molecule has 0 spiro atoms. The molecular weight excluding hydrogens is 236 g/mol. The fourth-order valence-electron chi connectivity index (χ4n) is 2.76. The normalized spacial score (nSPS) is 27.2. The highest BCUT2D eigenvalue weighted by Gasteiger charge is 2.41. The first kappa shape index (κ1) is 13.3. The van der Waals surface area contributed by atoms with Gasteiger partial charge in [0.2, 0.25) is 5.91 Å². The number of carbonyl (C=O) groups is 2. The Bertz CT molecular complexity index is 339. The van der Waals surface area contributed by atoms with Crippen molar-refractivity contribution in [2.75, 3.05) is 19.7 Å². The molecule has 0 aromatic rings. The van der Waals surface area contributed by atoms with Gasteiger partial charge in [0.25, 0.3) is 0 Å². The highest BCUT2D eigenvalue weighted by atomic mass is 16.5. The molecule has 1 heterocycles. The molecule has 1 saturated carbocycles. The van der Waals surface area contributed by atoms with Crippen molar-refractivity contribution >= 4 is 11.9 Å². The lowest BCUT2D eigenvalue weighted by Gasteiger charge is -2.37. The Labute approximate surface area is 106 Å². The van der Waals surface area contributed by atoms with Crippen LogP contribution in [0.25, 0.3) is 0 Å². The second-order valence-corrected chi connectivity index (χ2v) is 5.21. The number of hydrogen-bond acceptors (Lipinski definition) is 4. The minimum absolute atomic E-state index is 0.0429. The number of ether oxygens (including phenoxy) is 1. The number of rotatable bonds is 3. The zero-order chi connectivity index (χ0) is 13.2. The van der Waals surface area contributed by atoms with Crippen LogP contribution in [-0.4, -0.2) is 53.2 Å². The van der Waals surface area contributed by atoms with E-state index in [4.69, 9.17) is 15.6 Å². The molecular formula is C12H20N2O4. The summed E-state index contributed by atoms with van der Waals surface area (Å²) in [5.41, 5.74) is 5.40. The molecule has 0 radical (unpaired) electrons. The Kier molecular flexibility index (Phi) is 3.87. The summed E-state index contributed by atoms with van der Waals surface area (Å²) in [5, 5.41) is 8.74. The monoisotopic (exact) mass is 256 g/mol. The van der Waals surface area contributed by atoms with Crippen molar-refractivity contribution in [3.05, 3.63) is 0 Å². The summed E-state index contributed by atoms with van der Waals surface area (Å²) in [6.45, 7) is 1.23. The molecule has 102 valence electrons. The van der Waals surface area contributed by atoms with E-state index < -0.39 is 17.6 Å². The van der Waals surface area contributed by atoms with Crippen molar-refractivity contribution in [3.63, 3.8) is 0 Å². The van der Waals surface area contributed by atoms with Crippen LogP contribution >= 0.6 is 0 Å². The summed E-state index contributed by atoms with van der Waals surface area (Å²) >= 11 is 0. The van der Waals surface area contributed by atoms with Crippen molar-refractivity contribution in [1.29, 1.82) is 0 Å². The molecule has 0 aromatic carbocycles. The summed E-state index contributed by atoms with van der Waals surface area (Å²) in [6, 6.07) is 0. The highest BCUT2D eigenvalue weighted by molar-refractivity contribution is 5.86. The lowest BCUT2D eigenvalue weighted by Crippen LogP contribution is -2.57. The van der Waals surface area contributed by atoms with Gasteiger partial charge < -0.3 is 20.5 Å².